The fraction of sp³-hybridized carbons (Fsp3) is 0.400. The fourth-order valence-corrected chi connectivity index (χ4v) is 2.37. The van der Waals surface area contributed by atoms with E-state index in [1.165, 1.54) is 0 Å². The van der Waals surface area contributed by atoms with E-state index in [-0.39, 0.29) is 11.9 Å². The van der Waals surface area contributed by atoms with E-state index in [9.17, 15) is 4.79 Å². The molecule has 1 aliphatic rings. The zero-order valence-electron chi connectivity index (χ0n) is 10.8. The van der Waals surface area contributed by atoms with Crippen molar-refractivity contribution in [3.63, 3.8) is 0 Å². The highest BCUT2D eigenvalue weighted by Crippen LogP contribution is 2.56. The first kappa shape index (κ1) is 12.7. The number of hydrogen-bond acceptors (Lipinski definition) is 3. The maximum absolute atomic E-state index is 12.2. The van der Waals surface area contributed by atoms with Crippen LogP contribution in [0.2, 0.25) is 0 Å². The molecular formula is C15H18O3. The molecule has 1 saturated carbocycles. The third kappa shape index (κ3) is 2.13. The molecule has 96 valence electrons. The van der Waals surface area contributed by atoms with Gasteiger partial charge < -0.3 is 9.47 Å². The van der Waals surface area contributed by atoms with Gasteiger partial charge >= 0.3 is 5.97 Å². The number of ether oxygens (including phenoxy) is 2. The average molecular weight is 246 g/mol. The highest BCUT2D eigenvalue weighted by atomic mass is 16.5. The van der Waals surface area contributed by atoms with Crippen LogP contribution in [0.5, 0.6) is 0 Å². The molecule has 18 heavy (non-hydrogen) atoms. The van der Waals surface area contributed by atoms with Gasteiger partial charge in [-0.1, -0.05) is 30.3 Å². The van der Waals surface area contributed by atoms with Crippen LogP contribution in [0.4, 0.5) is 0 Å². The molecule has 2 rings (SSSR count). The first-order chi connectivity index (χ1) is 8.75. The van der Waals surface area contributed by atoms with E-state index in [4.69, 9.17) is 9.47 Å². The molecule has 1 fully saturated rings. The smallest absolute Gasteiger partial charge is 0.317 e. The standard InChI is InChI=1S/C15H18O3/c1-3-18-14(16)15(11-13(15)9-10-17-2)12-7-5-4-6-8-12/h4-10,13H,3,11H2,1-2H3/b10-9+/t13-,15+/m1/s1. The maximum atomic E-state index is 12.2. The highest BCUT2D eigenvalue weighted by Gasteiger charge is 2.61. The Morgan fingerprint density at radius 2 is 2.17 bits per heavy atom. The molecule has 0 heterocycles. The molecule has 3 heteroatoms. The molecule has 0 saturated heterocycles. The second-order valence-corrected chi connectivity index (χ2v) is 4.43. The van der Waals surface area contributed by atoms with Crippen LogP contribution in [-0.4, -0.2) is 19.7 Å². The number of rotatable bonds is 5. The van der Waals surface area contributed by atoms with Gasteiger partial charge in [-0.3, -0.25) is 4.79 Å². The summed E-state index contributed by atoms with van der Waals surface area (Å²) in [5.41, 5.74) is 0.515. The summed E-state index contributed by atoms with van der Waals surface area (Å²) in [7, 11) is 1.60. The molecule has 1 aromatic carbocycles. The van der Waals surface area contributed by atoms with Gasteiger partial charge in [-0.25, -0.2) is 0 Å². The highest BCUT2D eigenvalue weighted by molar-refractivity contribution is 5.88. The number of carbonyl (C=O) groups excluding carboxylic acids is 1. The third-order valence-electron chi connectivity index (χ3n) is 3.39. The van der Waals surface area contributed by atoms with Crippen LogP contribution in [0, 0.1) is 5.92 Å². The Morgan fingerprint density at radius 3 is 2.78 bits per heavy atom. The minimum Gasteiger partial charge on any atom is -0.505 e. The Bertz CT molecular complexity index is 438. The molecule has 0 radical (unpaired) electrons. The maximum Gasteiger partial charge on any atom is 0.317 e. The number of hydrogen-bond donors (Lipinski definition) is 0. The van der Waals surface area contributed by atoms with Crippen LogP contribution in [0.25, 0.3) is 0 Å². The van der Waals surface area contributed by atoms with Crippen LogP contribution in [0.15, 0.2) is 42.7 Å². The van der Waals surface area contributed by atoms with Crippen molar-refractivity contribution < 1.29 is 14.3 Å². The van der Waals surface area contributed by atoms with E-state index in [0.29, 0.717) is 6.61 Å². The van der Waals surface area contributed by atoms with Gasteiger partial charge in [-0.2, -0.15) is 0 Å². The minimum atomic E-state index is -0.508. The van der Waals surface area contributed by atoms with Crippen LogP contribution < -0.4 is 0 Å². The third-order valence-corrected chi connectivity index (χ3v) is 3.39. The van der Waals surface area contributed by atoms with Crippen LogP contribution >= 0.6 is 0 Å². The van der Waals surface area contributed by atoms with E-state index >= 15 is 0 Å². The van der Waals surface area contributed by atoms with Crippen LogP contribution in [-0.2, 0) is 19.7 Å². The molecule has 0 aliphatic heterocycles. The average Bonchev–Trinajstić information content (AvgIpc) is 3.13. The molecule has 0 unspecified atom stereocenters. The lowest BCUT2D eigenvalue weighted by Crippen LogP contribution is -2.25. The topological polar surface area (TPSA) is 35.5 Å². The molecule has 0 amide bonds. The summed E-state index contributed by atoms with van der Waals surface area (Å²) >= 11 is 0. The van der Waals surface area contributed by atoms with Crippen molar-refractivity contribution in [2.45, 2.75) is 18.8 Å². The van der Waals surface area contributed by atoms with Crippen molar-refractivity contribution in [2.24, 2.45) is 5.92 Å². The Balaban J connectivity index is 2.27. The zero-order valence-corrected chi connectivity index (χ0v) is 10.8. The summed E-state index contributed by atoms with van der Waals surface area (Å²) in [5, 5.41) is 0. The number of allylic oxidation sites excluding steroid dienone is 1. The van der Waals surface area contributed by atoms with Crippen molar-refractivity contribution in [2.75, 3.05) is 13.7 Å². The van der Waals surface area contributed by atoms with Gasteiger partial charge in [-0.15, -0.1) is 0 Å². The Hall–Kier alpha value is -1.77. The van der Waals surface area contributed by atoms with Gasteiger partial charge in [0.1, 0.15) is 0 Å². The van der Waals surface area contributed by atoms with E-state index in [1.807, 2.05) is 43.3 Å². The van der Waals surface area contributed by atoms with Gasteiger partial charge in [0, 0.05) is 5.92 Å². The molecule has 0 N–H and O–H groups in total. The largest absolute Gasteiger partial charge is 0.505 e. The summed E-state index contributed by atoms with van der Waals surface area (Å²) in [6, 6.07) is 9.82. The molecule has 0 spiro atoms. The molecule has 3 nitrogen and oxygen atoms in total. The summed E-state index contributed by atoms with van der Waals surface area (Å²) in [4.78, 5) is 12.2. The molecule has 0 aromatic heterocycles. The number of esters is 1. The van der Waals surface area contributed by atoms with Crippen LogP contribution in [0.3, 0.4) is 0 Å². The normalized spacial score (nSPS) is 26.0. The van der Waals surface area contributed by atoms with Crippen molar-refractivity contribution in [1.82, 2.24) is 0 Å². The second kappa shape index (κ2) is 5.25. The quantitative estimate of drug-likeness (QED) is 0.592. The van der Waals surface area contributed by atoms with E-state index < -0.39 is 5.41 Å². The molecule has 1 aliphatic carbocycles. The summed E-state index contributed by atoms with van der Waals surface area (Å²) in [6.45, 7) is 2.24. The monoisotopic (exact) mass is 246 g/mol. The Kier molecular flexibility index (Phi) is 3.70. The van der Waals surface area contributed by atoms with Crippen molar-refractivity contribution in [1.29, 1.82) is 0 Å². The summed E-state index contributed by atoms with van der Waals surface area (Å²) in [6.07, 6.45) is 4.36. The van der Waals surface area contributed by atoms with Crippen LogP contribution in [0.1, 0.15) is 18.9 Å². The number of benzene rings is 1. The first-order valence-electron chi connectivity index (χ1n) is 6.18. The predicted molar refractivity (Wildman–Crippen MR) is 69.0 cm³/mol. The van der Waals surface area contributed by atoms with Gasteiger partial charge in [-0.05, 0) is 25.0 Å². The fourth-order valence-electron chi connectivity index (χ4n) is 2.37. The minimum absolute atomic E-state index is 0.137. The lowest BCUT2D eigenvalue weighted by atomic mass is 9.93. The molecular weight excluding hydrogens is 228 g/mol. The second-order valence-electron chi connectivity index (χ2n) is 4.43. The van der Waals surface area contributed by atoms with E-state index in [2.05, 4.69) is 0 Å². The zero-order chi connectivity index (χ0) is 13.0. The SMILES string of the molecule is CCOC(=O)[C@]1(c2ccccc2)C[C@H]1/C=C/OC. The van der Waals surface area contributed by atoms with Gasteiger partial charge in [0.2, 0.25) is 0 Å². The predicted octanol–water partition coefficient (Wildman–Crippen LogP) is 2.67. The molecule has 2 atom stereocenters. The van der Waals surface area contributed by atoms with Gasteiger partial charge in [0.15, 0.2) is 0 Å². The Morgan fingerprint density at radius 1 is 1.44 bits per heavy atom. The van der Waals surface area contributed by atoms with E-state index in [0.717, 1.165) is 12.0 Å². The lowest BCUT2D eigenvalue weighted by Gasteiger charge is -2.15. The molecule has 0 bridgehead atoms. The summed E-state index contributed by atoms with van der Waals surface area (Å²) < 4.78 is 10.1. The van der Waals surface area contributed by atoms with Crippen molar-refractivity contribution in [3.8, 4) is 0 Å². The number of carbonyl (C=O) groups is 1. The van der Waals surface area contributed by atoms with Crippen molar-refractivity contribution >= 4 is 5.97 Å². The van der Waals surface area contributed by atoms with Gasteiger partial charge in [0.25, 0.3) is 0 Å². The van der Waals surface area contributed by atoms with Gasteiger partial charge in [0.05, 0.1) is 25.4 Å². The first-order valence-corrected chi connectivity index (χ1v) is 6.18. The molecule has 1 aromatic rings. The number of methoxy groups -OCH3 is 1. The van der Waals surface area contributed by atoms with E-state index in [1.54, 1.807) is 13.4 Å². The summed E-state index contributed by atoms with van der Waals surface area (Å²) in [5.74, 6) is 0.0286. The Labute approximate surface area is 107 Å². The van der Waals surface area contributed by atoms with Crippen molar-refractivity contribution in [3.05, 3.63) is 48.2 Å². The lowest BCUT2D eigenvalue weighted by molar-refractivity contribution is -0.146.